The summed E-state index contributed by atoms with van der Waals surface area (Å²) >= 11 is 0. The van der Waals surface area contributed by atoms with Crippen molar-refractivity contribution in [3.63, 3.8) is 0 Å². The lowest BCUT2D eigenvalue weighted by atomic mass is 9.81. The number of nitrogens with zero attached hydrogens (tertiary/aromatic N) is 2. The average Bonchev–Trinajstić information content (AvgIpc) is 3.05. The maximum Gasteiger partial charge on any atom is 0.288 e. The van der Waals surface area contributed by atoms with Crippen LogP contribution in [0, 0.1) is 5.92 Å². The highest BCUT2D eigenvalue weighted by atomic mass is 16.7. The van der Waals surface area contributed by atoms with Crippen LogP contribution >= 0.6 is 0 Å². The van der Waals surface area contributed by atoms with Gasteiger partial charge in [0.2, 0.25) is 6.29 Å². The van der Waals surface area contributed by atoms with Crippen molar-refractivity contribution in [2.45, 2.75) is 63.7 Å². The summed E-state index contributed by atoms with van der Waals surface area (Å²) in [6.07, 6.45) is 8.84. The average molecular weight is 599 g/mol. The zero-order chi connectivity index (χ0) is 30.0. The molecule has 10 heteroatoms. The third kappa shape index (κ3) is 7.85. The van der Waals surface area contributed by atoms with Gasteiger partial charge in [0.15, 0.2) is 11.2 Å². The highest BCUT2D eigenvalue weighted by Gasteiger charge is 2.41. The summed E-state index contributed by atoms with van der Waals surface area (Å²) < 4.78 is 29.3. The van der Waals surface area contributed by atoms with Crippen LogP contribution in [0.25, 0.3) is 11.0 Å². The van der Waals surface area contributed by atoms with Gasteiger partial charge in [0, 0.05) is 49.7 Å². The Morgan fingerprint density at radius 1 is 1.00 bits per heavy atom. The summed E-state index contributed by atoms with van der Waals surface area (Å²) in [5, 5.41) is 9.39. The monoisotopic (exact) mass is 598 g/mol. The van der Waals surface area contributed by atoms with Crippen molar-refractivity contribution >= 4 is 16.9 Å². The predicted octanol–water partition coefficient (Wildman–Crippen LogP) is 3.66. The highest BCUT2D eigenvalue weighted by Crippen LogP contribution is 2.39. The Kier molecular flexibility index (Phi) is 11.6. The zero-order valence-electron chi connectivity index (χ0n) is 25.3. The second-order valence-electron chi connectivity index (χ2n) is 11.5. The van der Waals surface area contributed by atoms with Crippen LogP contribution in [0.3, 0.4) is 0 Å². The van der Waals surface area contributed by atoms with Gasteiger partial charge in [-0.15, -0.1) is 0 Å². The molecule has 2 saturated heterocycles. The van der Waals surface area contributed by atoms with E-state index in [9.17, 15) is 9.59 Å². The van der Waals surface area contributed by atoms with Gasteiger partial charge in [-0.1, -0.05) is 18.6 Å². The molecule has 0 spiro atoms. The van der Waals surface area contributed by atoms with Gasteiger partial charge in [-0.25, -0.2) is 0 Å². The molecule has 10 nitrogen and oxygen atoms in total. The summed E-state index contributed by atoms with van der Waals surface area (Å²) in [6.45, 7) is 7.31. The molecular formula is C33H46N2O8. The minimum atomic E-state index is -0.732. The van der Waals surface area contributed by atoms with E-state index in [2.05, 4.69) is 4.90 Å². The third-order valence-electron chi connectivity index (χ3n) is 8.85. The number of carbonyl (C=O) groups is 1. The van der Waals surface area contributed by atoms with E-state index in [1.165, 1.54) is 25.5 Å². The van der Waals surface area contributed by atoms with Crippen LogP contribution in [-0.2, 0) is 23.7 Å². The Morgan fingerprint density at radius 2 is 1.74 bits per heavy atom. The van der Waals surface area contributed by atoms with Gasteiger partial charge in [-0.05, 0) is 70.3 Å². The number of rotatable bonds is 13. The smallest absolute Gasteiger partial charge is 0.288 e. The number of ether oxygens (including phenoxy) is 4. The molecule has 236 valence electrons. The molecule has 4 heterocycles. The first-order valence-electron chi connectivity index (χ1n) is 15.9. The van der Waals surface area contributed by atoms with Crippen molar-refractivity contribution in [2.75, 3.05) is 65.8 Å². The molecule has 0 radical (unpaired) electrons. The van der Waals surface area contributed by atoms with Crippen molar-refractivity contribution in [3.05, 3.63) is 58.2 Å². The zero-order valence-corrected chi connectivity index (χ0v) is 25.3. The molecule has 2 aromatic rings. The van der Waals surface area contributed by atoms with Crippen molar-refractivity contribution in [2.24, 2.45) is 5.92 Å². The van der Waals surface area contributed by atoms with Gasteiger partial charge in [0.1, 0.15) is 5.58 Å². The highest BCUT2D eigenvalue weighted by molar-refractivity contribution is 5.92. The second kappa shape index (κ2) is 15.8. The van der Waals surface area contributed by atoms with Crippen LogP contribution in [0.5, 0.6) is 0 Å². The Hall–Kier alpha value is -2.76. The van der Waals surface area contributed by atoms with E-state index in [0.717, 1.165) is 25.9 Å². The molecule has 1 aromatic carbocycles. The molecule has 3 aliphatic rings. The number of aliphatic hydroxyl groups excluding tert-OH is 1. The predicted molar refractivity (Wildman–Crippen MR) is 162 cm³/mol. The molecule has 1 amide bonds. The summed E-state index contributed by atoms with van der Waals surface area (Å²) in [6, 6.07) is 7.71. The number of hydrogen-bond acceptors (Lipinski definition) is 9. The van der Waals surface area contributed by atoms with Crippen LogP contribution in [-0.4, -0.2) is 99.0 Å². The minimum absolute atomic E-state index is 0.0324. The van der Waals surface area contributed by atoms with Gasteiger partial charge < -0.3 is 38.3 Å². The SMILES string of the molecule is CCOC1OC(C(=O)N2CCC(N3CCCCC3)CC2)=CC(c2coc3ccccc3c2=O)C1CCOCCOCCO. The molecular weight excluding hydrogens is 552 g/mol. The van der Waals surface area contributed by atoms with E-state index >= 15 is 0 Å². The number of piperidine rings is 2. The second-order valence-corrected chi connectivity index (χ2v) is 11.5. The fourth-order valence-electron chi connectivity index (χ4n) is 6.59. The fraction of sp³-hybridized carbons (Fsp3) is 0.636. The number of carbonyl (C=O) groups excluding carboxylic acids is 1. The van der Waals surface area contributed by atoms with E-state index < -0.39 is 12.2 Å². The molecule has 0 bridgehead atoms. The Labute approximate surface area is 253 Å². The Balaban J connectivity index is 1.36. The van der Waals surface area contributed by atoms with Gasteiger partial charge >= 0.3 is 0 Å². The molecule has 3 aliphatic heterocycles. The van der Waals surface area contributed by atoms with E-state index in [4.69, 9.17) is 28.5 Å². The number of aliphatic hydroxyl groups is 1. The van der Waals surface area contributed by atoms with Crippen LogP contribution in [0.1, 0.15) is 56.9 Å². The first-order chi connectivity index (χ1) is 21.1. The van der Waals surface area contributed by atoms with E-state index in [-0.39, 0.29) is 36.2 Å². The molecule has 5 rings (SSSR count). The van der Waals surface area contributed by atoms with Crippen LogP contribution in [0.4, 0.5) is 0 Å². The summed E-state index contributed by atoms with van der Waals surface area (Å²) in [5.74, 6) is -0.691. The molecule has 1 aromatic heterocycles. The van der Waals surface area contributed by atoms with Gasteiger partial charge in [-0.2, -0.15) is 0 Å². The van der Waals surface area contributed by atoms with E-state index in [1.807, 2.05) is 24.0 Å². The molecule has 1 N–H and O–H groups in total. The Bertz CT molecular complexity index is 1270. The number of fused-ring (bicyclic) bond motifs is 1. The summed E-state index contributed by atoms with van der Waals surface area (Å²) in [7, 11) is 0. The number of hydrogen-bond donors (Lipinski definition) is 1. The number of para-hydroxylation sites is 1. The fourth-order valence-corrected chi connectivity index (χ4v) is 6.59. The van der Waals surface area contributed by atoms with Gasteiger partial charge in [0.05, 0.1) is 38.1 Å². The molecule has 3 atom stereocenters. The molecule has 0 aliphatic carbocycles. The van der Waals surface area contributed by atoms with Gasteiger partial charge in [-0.3, -0.25) is 9.59 Å². The number of amides is 1. The van der Waals surface area contributed by atoms with Crippen molar-refractivity contribution in [1.82, 2.24) is 9.80 Å². The number of likely N-dealkylation sites (tertiary alicyclic amines) is 2. The van der Waals surface area contributed by atoms with Crippen molar-refractivity contribution in [1.29, 1.82) is 0 Å². The van der Waals surface area contributed by atoms with Gasteiger partial charge in [0.25, 0.3) is 5.91 Å². The van der Waals surface area contributed by atoms with Crippen molar-refractivity contribution < 1.29 is 33.3 Å². The maximum atomic E-state index is 13.9. The van der Waals surface area contributed by atoms with Crippen LogP contribution < -0.4 is 5.43 Å². The quantitative estimate of drug-likeness (QED) is 0.346. The Morgan fingerprint density at radius 3 is 2.49 bits per heavy atom. The van der Waals surface area contributed by atoms with Crippen LogP contribution in [0.15, 0.2) is 51.6 Å². The largest absolute Gasteiger partial charge is 0.464 e. The summed E-state index contributed by atoms with van der Waals surface area (Å²) in [5.41, 5.74) is 0.860. The first kappa shape index (κ1) is 31.7. The van der Waals surface area contributed by atoms with E-state index in [1.54, 1.807) is 18.2 Å². The van der Waals surface area contributed by atoms with Crippen LogP contribution in [0.2, 0.25) is 0 Å². The first-order valence-corrected chi connectivity index (χ1v) is 15.9. The third-order valence-corrected chi connectivity index (χ3v) is 8.85. The molecule has 0 saturated carbocycles. The molecule has 43 heavy (non-hydrogen) atoms. The topological polar surface area (TPSA) is 111 Å². The number of allylic oxidation sites excluding steroid dienone is 1. The normalized spacial score (nSPS) is 23.7. The lowest BCUT2D eigenvalue weighted by molar-refractivity contribution is -0.172. The lowest BCUT2D eigenvalue weighted by Gasteiger charge is -2.41. The lowest BCUT2D eigenvalue weighted by Crippen LogP contribution is -2.49. The minimum Gasteiger partial charge on any atom is -0.464 e. The number of benzene rings is 1. The molecule has 3 unspecified atom stereocenters. The summed E-state index contributed by atoms with van der Waals surface area (Å²) in [4.78, 5) is 32.1. The van der Waals surface area contributed by atoms with Crippen molar-refractivity contribution in [3.8, 4) is 0 Å². The standard InChI is InChI=1S/C33H46N2O8/c1-2-41-33-25(12-18-39-20-21-40-19-17-36)27(28-23-42-29-9-5-4-8-26(29)31(28)37)22-30(43-33)32(38)35-15-10-24(11-16-35)34-13-6-3-7-14-34/h4-5,8-9,22-25,27,33,36H,2-3,6-7,10-21H2,1H3. The van der Waals surface area contributed by atoms with E-state index in [0.29, 0.717) is 68.5 Å². The molecule has 2 fully saturated rings. The maximum absolute atomic E-state index is 13.9.